The zero-order valence-corrected chi connectivity index (χ0v) is 19.7. The normalized spacial score (nSPS) is 16.3. The molecule has 1 aliphatic rings. The van der Waals surface area contributed by atoms with Crippen LogP contribution < -0.4 is 9.47 Å². The Kier molecular flexibility index (Phi) is 8.98. The lowest BCUT2D eigenvalue weighted by Gasteiger charge is -2.13. The lowest BCUT2D eigenvalue weighted by atomic mass is 10.1. The van der Waals surface area contributed by atoms with E-state index in [2.05, 4.69) is 20.9 Å². The Morgan fingerprint density at radius 2 is 1.77 bits per heavy atom. The molecule has 1 aromatic rings. The molecule has 9 heteroatoms. The van der Waals surface area contributed by atoms with Crippen LogP contribution in [0.1, 0.15) is 39.7 Å². The maximum absolute atomic E-state index is 12.4. The van der Waals surface area contributed by atoms with Crippen molar-refractivity contribution in [3.8, 4) is 11.5 Å². The fraction of sp³-hybridized carbons (Fsp3) is 0.381. The number of nitrogens with zero attached hydrogens (tertiary/aromatic N) is 1. The Morgan fingerprint density at radius 1 is 1.10 bits per heavy atom. The minimum Gasteiger partial charge on any atom is -0.506 e. The van der Waals surface area contributed by atoms with Crippen molar-refractivity contribution in [2.45, 2.75) is 34.1 Å². The maximum atomic E-state index is 12.4. The number of aliphatic imine (C=N–C) groups is 1. The number of benzene rings is 1. The van der Waals surface area contributed by atoms with Gasteiger partial charge in [0.05, 0.1) is 29.2 Å². The van der Waals surface area contributed by atoms with E-state index >= 15 is 0 Å². The molecular formula is C21H24BrNO6S. The molecule has 0 fully saturated rings. The number of esters is 1. The number of amides is 1. The molecule has 0 atom stereocenters. The second kappa shape index (κ2) is 11.2. The Morgan fingerprint density at radius 3 is 2.37 bits per heavy atom. The van der Waals surface area contributed by atoms with Gasteiger partial charge in [-0.3, -0.25) is 4.79 Å². The van der Waals surface area contributed by atoms with E-state index in [1.165, 1.54) is 0 Å². The van der Waals surface area contributed by atoms with Crippen molar-refractivity contribution in [1.82, 2.24) is 0 Å². The molecule has 1 heterocycles. The van der Waals surface area contributed by atoms with E-state index in [1.807, 2.05) is 13.8 Å². The van der Waals surface area contributed by atoms with Gasteiger partial charge in [0.25, 0.3) is 0 Å². The van der Waals surface area contributed by atoms with Gasteiger partial charge in [0.15, 0.2) is 0 Å². The first kappa shape index (κ1) is 24.0. The highest BCUT2D eigenvalue weighted by Gasteiger charge is 2.34. The van der Waals surface area contributed by atoms with Crippen molar-refractivity contribution >= 4 is 50.7 Å². The third-order valence-corrected chi connectivity index (χ3v) is 5.49. The highest BCUT2D eigenvalue weighted by molar-refractivity contribution is 9.10. The first-order valence-corrected chi connectivity index (χ1v) is 11.2. The number of ether oxygens (including phenoxy) is 3. The molecule has 0 saturated carbocycles. The van der Waals surface area contributed by atoms with E-state index in [4.69, 9.17) is 14.2 Å². The summed E-state index contributed by atoms with van der Waals surface area (Å²) < 4.78 is 17.0. The van der Waals surface area contributed by atoms with Crippen LogP contribution in [0.5, 0.6) is 11.5 Å². The molecular weight excluding hydrogens is 474 g/mol. The minimum absolute atomic E-state index is 0.113. The van der Waals surface area contributed by atoms with Crippen LogP contribution in [-0.2, 0) is 14.3 Å². The van der Waals surface area contributed by atoms with Crippen LogP contribution in [0, 0.1) is 0 Å². The second-order valence-corrected chi connectivity index (χ2v) is 7.79. The van der Waals surface area contributed by atoms with Gasteiger partial charge in [0.2, 0.25) is 5.91 Å². The molecule has 0 spiro atoms. The zero-order chi connectivity index (χ0) is 22.3. The van der Waals surface area contributed by atoms with E-state index in [0.29, 0.717) is 39.7 Å². The Labute approximate surface area is 188 Å². The number of hydrogen-bond donors (Lipinski definition) is 1. The first-order valence-electron chi connectivity index (χ1n) is 9.57. The molecule has 162 valence electrons. The number of halogens is 1. The monoisotopic (exact) mass is 497 g/mol. The molecule has 2 rings (SSSR count). The summed E-state index contributed by atoms with van der Waals surface area (Å²) in [5, 5.41) is 10.8. The van der Waals surface area contributed by atoms with E-state index < -0.39 is 11.9 Å². The molecule has 0 unspecified atom stereocenters. The minimum atomic E-state index is -0.730. The lowest BCUT2D eigenvalue weighted by molar-refractivity contribution is -0.138. The smallest absolute Gasteiger partial charge is 0.344 e. The second-order valence-electron chi connectivity index (χ2n) is 5.91. The SMILES string of the molecule is CCOC(=O)C1=C(O)/C(=C/c2cc(Br)c(OCC)cc2OCC)SC1=NC(=O)CC. The van der Waals surface area contributed by atoms with E-state index in [-0.39, 0.29) is 29.4 Å². The van der Waals surface area contributed by atoms with Gasteiger partial charge >= 0.3 is 5.97 Å². The van der Waals surface area contributed by atoms with Crippen LogP contribution in [0.15, 0.2) is 37.8 Å². The summed E-state index contributed by atoms with van der Waals surface area (Å²) >= 11 is 4.50. The summed E-state index contributed by atoms with van der Waals surface area (Å²) in [6.07, 6.45) is 1.85. The van der Waals surface area contributed by atoms with Crippen molar-refractivity contribution in [2.24, 2.45) is 4.99 Å². The summed E-state index contributed by atoms with van der Waals surface area (Å²) in [5.41, 5.74) is 0.547. The fourth-order valence-corrected chi connectivity index (χ4v) is 4.03. The Balaban J connectivity index is 2.57. The highest BCUT2D eigenvalue weighted by atomic mass is 79.9. The summed E-state index contributed by atoms with van der Waals surface area (Å²) in [7, 11) is 0. The molecule has 0 aliphatic carbocycles. The number of carbonyl (C=O) groups excluding carboxylic acids is 2. The number of rotatable bonds is 8. The van der Waals surface area contributed by atoms with Crippen LogP contribution in [0.4, 0.5) is 0 Å². The highest BCUT2D eigenvalue weighted by Crippen LogP contribution is 2.42. The molecule has 0 bridgehead atoms. The van der Waals surface area contributed by atoms with Gasteiger partial charge in [-0.15, -0.1) is 0 Å². The average Bonchev–Trinajstić information content (AvgIpc) is 3.00. The molecule has 0 saturated heterocycles. The summed E-state index contributed by atoms with van der Waals surface area (Å²) in [4.78, 5) is 28.5. The van der Waals surface area contributed by atoms with Crippen molar-refractivity contribution in [1.29, 1.82) is 0 Å². The molecule has 1 N–H and O–H groups in total. The lowest BCUT2D eigenvalue weighted by Crippen LogP contribution is -2.14. The van der Waals surface area contributed by atoms with Crippen LogP contribution in [-0.4, -0.2) is 41.8 Å². The topological polar surface area (TPSA) is 94.4 Å². The largest absolute Gasteiger partial charge is 0.506 e. The number of aliphatic hydroxyl groups is 1. The van der Waals surface area contributed by atoms with Crippen LogP contribution in [0.25, 0.3) is 6.08 Å². The van der Waals surface area contributed by atoms with E-state index in [1.54, 1.807) is 32.1 Å². The number of thioether (sulfide) groups is 1. The predicted octanol–water partition coefficient (Wildman–Crippen LogP) is 5.04. The van der Waals surface area contributed by atoms with Crippen molar-refractivity contribution in [3.05, 3.63) is 38.4 Å². The molecule has 1 aliphatic heterocycles. The van der Waals surface area contributed by atoms with Crippen molar-refractivity contribution in [2.75, 3.05) is 19.8 Å². The number of aliphatic hydroxyl groups excluding tert-OH is 1. The van der Waals surface area contributed by atoms with Crippen molar-refractivity contribution < 1.29 is 28.9 Å². The van der Waals surface area contributed by atoms with Crippen LogP contribution in [0.3, 0.4) is 0 Å². The van der Waals surface area contributed by atoms with Gasteiger partial charge in [-0.25, -0.2) is 9.79 Å². The van der Waals surface area contributed by atoms with Gasteiger partial charge < -0.3 is 19.3 Å². The van der Waals surface area contributed by atoms with Gasteiger partial charge in [0.1, 0.15) is 27.9 Å². The van der Waals surface area contributed by atoms with E-state index in [9.17, 15) is 14.7 Å². The van der Waals surface area contributed by atoms with Gasteiger partial charge in [-0.05, 0) is 48.8 Å². The Hall–Kier alpha value is -2.26. The van der Waals surface area contributed by atoms with Gasteiger partial charge in [-0.1, -0.05) is 18.7 Å². The van der Waals surface area contributed by atoms with Gasteiger partial charge in [0, 0.05) is 18.1 Å². The molecule has 1 amide bonds. The standard InChI is InChI=1S/C21H24BrNO6S/c1-5-17(24)23-20-18(21(26)29-8-4)19(25)16(30-20)10-12-9-13(22)15(28-7-3)11-14(12)27-6-2/h9-11,25H,5-8H2,1-4H3/b16-10-,23-20?. The third-order valence-electron chi connectivity index (χ3n) is 3.85. The maximum Gasteiger partial charge on any atom is 0.344 e. The molecule has 30 heavy (non-hydrogen) atoms. The van der Waals surface area contributed by atoms with E-state index in [0.717, 1.165) is 11.8 Å². The first-order chi connectivity index (χ1) is 14.4. The van der Waals surface area contributed by atoms with Crippen LogP contribution in [0.2, 0.25) is 0 Å². The summed E-state index contributed by atoms with van der Waals surface area (Å²) in [6, 6.07) is 3.55. The average molecular weight is 498 g/mol. The summed E-state index contributed by atoms with van der Waals surface area (Å²) in [6.45, 7) is 8.14. The Bertz CT molecular complexity index is 922. The third kappa shape index (κ3) is 5.66. The number of hydrogen-bond acceptors (Lipinski definition) is 7. The summed E-state index contributed by atoms with van der Waals surface area (Å²) in [5.74, 6) is -0.227. The zero-order valence-electron chi connectivity index (χ0n) is 17.3. The fourth-order valence-electron chi connectivity index (χ4n) is 2.53. The molecule has 7 nitrogen and oxygen atoms in total. The van der Waals surface area contributed by atoms with Gasteiger partial charge in [-0.2, -0.15) is 0 Å². The van der Waals surface area contributed by atoms with Crippen molar-refractivity contribution in [3.63, 3.8) is 0 Å². The molecule has 0 aromatic heterocycles. The molecule has 0 radical (unpaired) electrons. The predicted molar refractivity (Wildman–Crippen MR) is 121 cm³/mol. The molecule has 1 aromatic carbocycles. The number of carbonyl (C=O) groups is 2. The quantitative estimate of drug-likeness (QED) is 0.502. The van der Waals surface area contributed by atoms with Crippen LogP contribution >= 0.6 is 27.7 Å².